The van der Waals surface area contributed by atoms with Crippen molar-refractivity contribution in [1.29, 1.82) is 0 Å². The number of piperidine rings is 1. The highest BCUT2D eigenvalue weighted by Gasteiger charge is 2.42. The fourth-order valence-corrected chi connectivity index (χ4v) is 4.32. The molecule has 0 saturated carbocycles. The van der Waals surface area contributed by atoms with Crippen LogP contribution in [0.5, 0.6) is 0 Å². The van der Waals surface area contributed by atoms with E-state index in [0.717, 1.165) is 24.1 Å². The van der Waals surface area contributed by atoms with Crippen LogP contribution in [-0.4, -0.2) is 48.2 Å². The van der Waals surface area contributed by atoms with Crippen molar-refractivity contribution < 1.29 is 14.3 Å². The minimum Gasteiger partial charge on any atom is -0.445 e. The molecule has 1 aromatic carbocycles. The number of para-hydroxylation sites is 1. The van der Waals surface area contributed by atoms with Crippen LogP contribution in [0.1, 0.15) is 62.4 Å². The third kappa shape index (κ3) is 3.39. The zero-order chi connectivity index (χ0) is 21.5. The van der Waals surface area contributed by atoms with Gasteiger partial charge in [0, 0.05) is 12.1 Å². The summed E-state index contributed by atoms with van der Waals surface area (Å²) in [6, 6.07) is 7.78. The minimum atomic E-state index is -1.08. The Bertz CT molecular complexity index is 1040. The molecule has 9 heteroatoms. The normalized spacial score (nSPS) is 22.3. The minimum absolute atomic E-state index is 0.0465. The topological polar surface area (TPSA) is 110 Å². The van der Waals surface area contributed by atoms with Gasteiger partial charge in [0.05, 0.1) is 17.1 Å². The monoisotopic (exact) mass is 410 g/mol. The van der Waals surface area contributed by atoms with E-state index in [-0.39, 0.29) is 5.92 Å². The average Bonchev–Trinajstić information content (AvgIpc) is 3.38. The number of aromatic nitrogens is 5. The fourth-order valence-electron chi connectivity index (χ4n) is 4.32. The quantitative estimate of drug-likeness (QED) is 0.643. The van der Waals surface area contributed by atoms with E-state index in [1.807, 2.05) is 24.3 Å². The molecule has 0 unspecified atom stereocenters. The zero-order valence-electron chi connectivity index (χ0n) is 17.6. The molecule has 0 spiro atoms. The fraction of sp³-hybridized carbons (Fsp3) is 0.476. The summed E-state index contributed by atoms with van der Waals surface area (Å²) in [7, 11) is 0. The smallest absolute Gasteiger partial charge is 0.210 e. The van der Waals surface area contributed by atoms with Crippen molar-refractivity contribution in [3.05, 3.63) is 53.5 Å². The van der Waals surface area contributed by atoms with Crippen LogP contribution in [0, 0.1) is 6.92 Å². The van der Waals surface area contributed by atoms with Gasteiger partial charge in [0.1, 0.15) is 17.1 Å². The predicted molar refractivity (Wildman–Crippen MR) is 108 cm³/mol. The lowest BCUT2D eigenvalue weighted by Crippen LogP contribution is -2.49. The number of hydrogen-bond acceptors (Lipinski definition) is 7. The van der Waals surface area contributed by atoms with Gasteiger partial charge >= 0.3 is 0 Å². The largest absolute Gasteiger partial charge is 0.445 e. The summed E-state index contributed by atoms with van der Waals surface area (Å²) in [4.78, 5) is 20.0. The molecule has 3 heterocycles. The van der Waals surface area contributed by atoms with Crippen molar-refractivity contribution in [2.45, 2.75) is 57.6 Å². The van der Waals surface area contributed by atoms with Crippen LogP contribution >= 0.6 is 0 Å². The van der Waals surface area contributed by atoms with Crippen molar-refractivity contribution >= 4 is 6.41 Å². The van der Waals surface area contributed by atoms with E-state index in [9.17, 15) is 9.90 Å². The summed E-state index contributed by atoms with van der Waals surface area (Å²) in [6.45, 7) is 7.69. The third-order valence-corrected chi connectivity index (χ3v) is 5.95. The lowest BCUT2D eigenvalue weighted by Gasteiger charge is -2.45. The molecule has 1 aliphatic rings. The number of carbonyl (C=O) groups is 1. The molecule has 2 aromatic heterocycles. The molecule has 0 radical (unpaired) electrons. The van der Waals surface area contributed by atoms with Gasteiger partial charge in [-0.1, -0.05) is 18.2 Å². The van der Waals surface area contributed by atoms with E-state index in [4.69, 9.17) is 4.42 Å². The van der Waals surface area contributed by atoms with Crippen LogP contribution < -0.4 is 0 Å². The molecule has 1 aliphatic heterocycles. The van der Waals surface area contributed by atoms with Gasteiger partial charge in [0.2, 0.25) is 6.41 Å². The molecule has 1 saturated heterocycles. The molecule has 9 nitrogen and oxygen atoms in total. The van der Waals surface area contributed by atoms with Gasteiger partial charge in [-0.25, -0.2) is 4.98 Å². The van der Waals surface area contributed by atoms with Crippen LogP contribution in [0.15, 0.2) is 35.0 Å². The van der Waals surface area contributed by atoms with Crippen molar-refractivity contribution in [3.63, 3.8) is 0 Å². The number of nitrogens with zero attached hydrogens (tertiary/aromatic N) is 6. The van der Waals surface area contributed by atoms with Crippen molar-refractivity contribution in [2.75, 3.05) is 6.54 Å². The molecule has 2 atom stereocenters. The molecule has 3 aromatic rings. The maximum atomic E-state index is 12.1. The number of aryl methyl sites for hydroxylation is 1. The second-order valence-electron chi connectivity index (χ2n) is 8.53. The van der Waals surface area contributed by atoms with Gasteiger partial charge in [-0.3, -0.25) is 4.79 Å². The van der Waals surface area contributed by atoms with Gasteiger partial charge in [-0.05, 0) is 51.8 Å². The van der Waals surface area contributed by atoms with Crippen molar-refractivity contribution in [1.82, 2.24) is 30.1 Å². The maximum absolute atomic E-state index is 12.1. The molecular formula is C21H26N6O3. The highest BCUT2D eigenvalue weighted by atomic mass is 16.4. The number of oxazole rings is 1. The van der Waals surface area contributed by atoms with E-state index in [0.29, 0.717) is 30.3 Å². The highest BCUT2D eigenvalue weighted by molar-refractivity contribution is 5.54. The van der Waals surface area contributed by atoms with E-state index in [1.54, 1.807) is 25.7 Å². The first kappa shape index (κ1) is 20.2. The Balaban J connectivity index is 1.66. The Morgan fingerprint density at radius 1 is 1.33 bits per heavy atom. The number of carbonyl (C=O) groups excluding carboxylic acids is 1. The first-order valence-corrected chi connectivity index (χ1v) is 9.99. The van der Waals surface area contributed by atoms with Gasteiger partial charge in [0.25, 0.3) is 0 Å². The number of benzene rings is 1. The number of tetrazole rings is 1. The Kier molecular flexibility index (Phi) is 4.93. The second-order valence-corrected chi connectivity index (χ2v) is 8.53. The zero-order valence-corrected chi connectivity index (χ0v) is 17.6. The SMILES string of the molecule is Cc1oc([C@@H]2CC[C@](C)(c3ccccc3-n3ncnn3)N(C=O)C2)nc1C(C)(C)O. The average molecular weight is 410 g/mol. The van der Waals surface area contributed by atoms with Crippen molar-refractivity contribution in [2.24, 2.45) is 0 Å². The standard InChI is InChI=1S/C21H26N6O3/c1-14-18(20(2,3)29)24-19(30-14)15-9-10-21(4,26(11-15)13-28)16-7-5-6-8-17(16)27-23-12-22-25-27/h5-8,12-13,15,29H,9-11H2,1-4H3/t15-,21-/m1/s1. The van der Waals surface area contributed by atoms with E-state index < -0.39 is 11.1 Å². The first-order valence-electron chi connectivity index (χ1n) is 9.99. The first-order chi connectivity index (χ1) is 14.2. The predicted octanol–water partition coefficient (Wildman–Crippen LogP) is 2.44. The molecular weight excluding hydrogens is 384 g/mol. The third-order valence-electron chi connectivity index (χ3n) is 5.95. The lowest BCUT2D eigenvalue weighted by molar-refractivity contribution is -0.126. The Morgan fingerprint density at radius 3 is 2.73 bits per heavy atom. The van der Waals surface area contributed by atoms with Crippen LogP contribution in [0.25, 0.3) is 5.69 Å². The molecule has 1 N–H and O–H groups in total. The molecule has 0 aliphatic carbocycles. The molecule has 158 valence electrons. The summed E-state index contributed by atoms with van der Waals surface area (Å²) in [6.07, 6.45) is 3.76. The van der Waals surface area contributed by atoms with Gasteiger partial charge < -0.3 is 14.4 Å². The van der Waals surface area contributed by atoms with Crippen molar-refractivity contribution in [3.8, 4) is 5.69 Å². The van der Waals surface area contributed by atoms with E-state index in [1.165, 1.54) is 11.1 Å². The number of hydrogen-bond donors (Lipinski definition) is 1. The molecule has 1 amide bonds. The molecule has 1 fully saturated rings. The molecule has 30 heavy (non-hydrogen) atoms. The number of rotatable bonds is 5. The summed E-state index contributed by atoms with van der Waals surface area (Å²) < 4.78 is 5.88. The lowest BCUT2D eigenvalue weighted by atomic mass is 9.78. The van der Waals surface area contributed by atoms with Gasteiger partial charge in [-0.2, -0.15) is 0 Å². The number of amides is 1. The van der Waals surface area contributed by atoms with Crippen LogP contribution in [0.2, 0.25) is 0 Å². The highest BCUT2D eigenvalue weighted by Crippen LogP contribution is 2.43. The Hall–Kier alpha value is -3.07. The summed E-state index contributed by atoms with van der Waals surface area (Å²) >= 11 is 0. The number of likely N-dealkylation sites (tertiary alicyclic amines) is 1. The van der Waals surface area contributed by atoms with Crippen LogP contribution in [-0.2, 0) is 15.9 Å². The second kappa shape index (κ2) is 7.32. The number of aliphatic hydroxyl groups is 1. The Morgan fingerprint density at radius 2 is 2.10 bits per heavy atom. The Labute approximate surface area is 174 Å². The maximum Gasteiger partial charge on any atom is 0.210 e. The van der Waals surface area contributed by atoms with Crippen LogP contribution in [0.3, 0.4) is 0 Å². The van der Waals surface area contributed by atoms with Crippen LogP contribution in [0.4, 0.5) is 0 Å². The molecule has 4 rings (SSSR count). The summed E-state index contributed by atoms with van der Waals surface area (Å²) in [5.74, 6) is 1.12. The van der Waals surface area contributed by atoms with Gasteiger partial charge in [-0.15, -0.1) is 15.0 Å². The van der Waals surface area contributed by atoms with E-state index >= 15 is 0 Å². The summed E-state index contributed by atoms with van der Waals surface area (Å²) in [5, 5.41) is 22.3. The van der Waals surface area contributed by atoms with Gasteiger partial charge in [0.15, 0.2) is 12.2 Å². The molecule has 0 bridgehead atoms. The summed E-state index contributed by atoms with van der Waals surface area (Å²) in [5.41, 5.74) is 0.659. The van der Waals surface area contributed by atoms with E-state index in [2.05, 4.69) is 27.3 Å².